The molecule has 0 amide bonds. The van der Waals surface area contributed by atoms with Gasteiger partial charge in [0.25, 0.3) is 0 Å². The summed E-state index contributed by atoms with van der Waals surface area (Å²) in [6, 6.07) is 9.66. The molecule has 1 N–H and O–H groups in total. The molecule has 0 saturated carbocycles. The topological polar surface area (TPSA) is 47.0 Å². The second kappa shape index (κ2) is 7.24. The van der Waals surface area contributed by atoms with Gasteiger partial charge in [-0.25, -0.2) is 9.97 Å². The van der Waals surface area contributed by atoms with Crippen molar-refractivity contribution in [3.05, 3.63) is 46.3 Å². The second-order valence-corrected chi connectivity index (χ2v) is 5.40. The molecule has 20 heavy (non-hydrogen) atoms. The fourth-order valence-electron chi connectivity index (χ4n) is 1.72. The van der Waals surface area contributed by atoms with Crippen LogP contribution in [0.3, 0.4) is 0 Å². The van der Waals surface area contributed by atoms with E-state index in [-0.39, 0.29) is 0 Å². The summed E-state index contributed by atoms with van der Waals surface area (Å²) < 4.78 is 6.72. The van der Waals surface area contributed by atoms with Crippen LogP contribution in [0.1, 0.15) is 24.9 Å². The van der Waals surface area contributed by atoms with Crippen molar-refractivity contribution < 1.29 is 4.74 Å². The molecular weight excluding hydrogens is 318 g/mol. The van der Waals surface area contributed by atoms with Crippen LogP contribution < -0.4 is 10.1 Å². The molecule has 1 aromatic carbocycles. The van der Waals surface area contributed by atoms with Crippen LogP contribution in [0.5, 0.6) is 5.75 Å². The SMILES string of the molecule is CCCNc1cc(C)nc(COc2ccc(Br)cc2)n1. The molecule has 0 atom stereocenters. The predicted octanol–water partition coefficient (Wildman–Crippen LogP) is 3.95. The van der Waals surface area contributed by atoms with Crippen LogP contribution in [-0.2, 0) is 6.61 Å². The van der Waals surface area contributed by atoms with Gasteiger partial charge in [-0.15, -0.1) is 0 Å². The van der Waals surface area contributed by atoms with Gasteiger partial charge in [-0.2, -0.15) is 0 Å². The van der Waals surface area contributed by atoms with Gasteiger partial charge in [0, 0.05) is 22.8 Å². The Morgan fingerprint density at radius 1 is 1.20 bits per heavy atom. The predicted molar refractivity (Wildman–Crippen MR) is 84.0 cm³/mol. The second-order valence-electron chi connectivity index (χ2n) is 4.48. The molecule has 2 aromatic rings. The first kappa shape index (κ1) is 14.8. The standard InChI is InChI=1S/C15H18BrN3O/c1-3-8-17-14-9-11(2)18-15(19-14)10-20-13-6-4-12(16)5-7-13/h4-7,9H,3,8,10H2,1-2H3,(H,17,18,19). The number of anilines is 1. The first-order chi connectivity index (χ1) is 9.67. The third-order valence-corrected chi connectivity index (χ3v) is 3.17. The van der Waals surface area contributed by atoms with Gasteiger partial charge in [0.2, 0.25) is 0 Å². The van der Waals surface area contributed by atoms with E-state index in [9.17, 15) is 0 Å². The first-order valence-corrected chi connectivity index (χ1v) is 7.43. The average molecular weight is 336 g/mol. The van der Waals surface area contributed by atoms with Gasteiger partial charge in [0.15, 0.2) is 5.82 Å². The van der Waals surface area contributed by atoms with Crippen molar-refractivity contribution in [2.24, 2.45) is 0 Å². The summed E-state index contributed by atoms with van der Waals surface area (Å²) in [4.78, 5) is 8.84. The van der Waals surface area contributed by atoms with E-state index in [1.54, 1.807) is 0 Å². The third-order valence-electron chi connectivity index (χ3n) is 2.64. The lowest BCUT2D eigenvalue weighted by Gasteiger charge is -2.09. The van der Waals surface area contributed by atoms with E-state index in [1.165, 1.54) is 0 Å². The number of ether oxygens (including phenoxy) is 1. The fourth-order valence-corrected chi connectivity index (χ4v) is 1.98. The van der Waals surface area contributed by atoms with Gasteiger partial charge < -0.3 is 10.1 Å². The molecule has 0 bridgehead atoms. The number of hydrogen-bond acceptors (Lipinski definition) is 4. The van der Waals surface area contributed by atoms with Gasteiger partial charge in [0.1, 0.15) is 18.2 Å². The Morgan fingerprint density at radius 3 is 2.65 bits per heavy atom. The molecule has 0 radical (unpaired) electrons. The molecule has 4 nitrogen and oxygen atoms in total. The van der Waals surface area contributed by atoms with Crippen molar-refractivity contribution in [1.82, 2.24) is 9.97 Å². The lowest BCUT2D eigenvalue weighted by Crippen LogP contribution is -2.08. The maximum atomic E-state index is 5.69. The van der Waals surface area contributed by atoms with Crippen LogP contribution in [0.15, 0.2) is 34.8 Å². The summed E-state index contributed by atoms with van der Waals surface area (Å²) in [6.07, 6.45) is 1.06. The average Bonchev–Trinajstić information content (AvgIpc) is 2.44. The van der Waals surface area contributed by atoms with Crippen LogP contribution in [0.25, 0.3) is 0 Å². The summed E-state index contributed by atoms with van der Waals surface area (Å²) >= 11 is 3.40. The van der Waals surface area contributed by atoms with Crippen molar-refractivity contribution in [2.75, 3.05) is 11.9 Å². The Bertz CT molecular complexity index is 558. The molecule has 106 valence electrons. The molecular formula is C15H18BrN3O. The lowest BCUT2D eigenvalue weighted by molar-refractivity contribution is 0.295. The van der Waals surface area contributed by atoms with Crippen LogP contribution >= 0.6 is 15.9 Å². The number of nitrogens with one attached hydrogen (secondary N) is 1. The number of rotatable bonds is 6. The summed E-state index contributed by atoms with van der Waals surface area (Å²) in [7, 11) is 0. The van der Waals surface area contributed by atoms with Gasteiger partial charge in [-0.3, -0.25) is 0 Å². The van der Waals surface area contributed by atoms with Crippen LogP contribution in [-0.4, -0.2) is 16.5 Å². The minimum absolute atomic E-state index is 0.365. The molecule has 0 spiro atoms. The molecule has 0 aliphatic rings. The highest BCUT2D eigenvalue weighted by Crippen LogP contribution is 2.17. The minimum atomic E-state index is 0.365. The number of aryl methyl sites for hydroxylation is 1. The van der Waals surface area contributed by atoms with E-state index in [0.29, 0.717) is 12.4 Å². The Labute approximate surface area is 127 Å². The van der Waals surface area contributed by atoms with E-state index in [4.69, 9.17) is 4.74 Å². The zero-order valence-corrected chi connectivity index (χ0v) is 13.3. The molecule has 1 aromatic heterocycles. The number of nitrogens with zero attached hydrogens (tertiary/aromatic N) is 2. The fraction of sp³-hybridized carbons (Fsp3) is 0.333. The van der Waals surface area contributed by atoms with Crippen LogP contribution in [0.2, 0.25) is 0 Å². The molecule has 0 fully saturated rings. The Kier molecular flexibility index (Phi) is 5.35. The van der Waals surface area contributed by atoms with E-state index in [1.807, 2.05) is 37.3 Å². The van der Waals surface area contributed by atoms with Gasteiger partial charge in [-0.1, -0.05) is 22.9 Å². The zero-order valence-electron chi connectivity index (χ0n) is 11.7. The van der Waals surface area contributed by atoms with Gasteiger partial charge >= 0.3 is 0 Å². The minimum Gasteiger partial charge on any atom is -0.486 e. The number of aromatic nitrogens is 2. The Morgan fingerprint density at radius 2 is 1.95 bits per heavy atom. The van der Waals surface area contributed by atoms with E-state index < -0.39 is 0 Å². The van der Waals surface area contributed by atoms with Crippen molar-refractivity contribution in [3.63, 3.8) is 0 Å². The Hall–Kier alpha value is -1.62. The van der Waals surface area contributed by atoms with Gasteiger partial charge in [0.05, 0.1) is 0 Å². The molecule has 1 heterocycles. The quantitative estimate of drug-likeness (QED) is 0.868. The third kappa shape index (κ3) is 4.49. The van der Waals surface area contributed by atoms with E-state index in [0.717, 1.165) is 34.7 Å². The van der Waals surface area contributed by atoms with Crippen molar-refractivity contribution in [3.8, 4) is 5.75 Å². The molecule has 0 unspecified atom stereocenters. The first-order valence-electron chi connectivity index (χ1n) is 6.64. The van der Waals surface area contributed by atoms with E-state index in [2.05, 4.69) is 38.1 Å². The summed E-state index contributed by atoms with van der Waals surface area (Å²) in [5.74, 6) is 2.35. The summed E-state index contributed by atoms with van der Waals surface area (Å²) in [5, 5.41) is 3.27. The monoisotopic (exact) mass is 335 g/mol. The van der Waals surface area contributed by atoms with Crippen LogP contribution in [0.4, 0.5) is 5.82 Å². The number of benzene rings is 1. The molecule has 0 aliphatic heterocycles. The zero-order chi connectivity index (χ0) is 14.4. The normalized spacial score (nSPS) is 10.3. The van der Waals surface area contributed by atoms with Crippen molar-refractivity contribution >= 4 is 21.7 Å². The summed E-state index contributed by atoms with van der Waals surface area (Å²) in [6.45, 7) is 5.36. The molecule has 5 heteroatoms. The van der Waals surface area contributed by atoms with Gasteiger partial charge in [-0.05, 0) is 37.6 Å². The lowest BCUT2D eigenvalue weighted by atomic mass is 10.3. The van der Waals surface area contributed by atoms with Crippen molar-refractivity contribution in [1.29, 1.82) is 0 Å². The molecule has 2 rings (SSSR count). The Balaban J connectivity index is 2.01. The maximum absolute atomic E-state index is 5.69. The molecule has 0 saturated heterocycles. The summed E-state index contributed by atoms with van der Waals surface area (Å²) in [5.41, 5.74) is 0.938. The molecule has 0 aliphatic carbocycles. The number of halogens is 1. The number of hydrogen-bond donors (Lipinski definition) is 1. The largest absolute Gasteiger partial charge is 0.486 e. The van der Waals surface area contributed by atoms with E-state index >= 15 is 0 Å². The van der Waals surface area contributed by atoms with Crippen molar-refractivity contribution in [2.45, 2.75) is 26.9 Å². The highest BCUT2D eigenvalue weighted by molar-refractivity contribution is 9.10. The highest BCUT2D eigenvalue weighted by atomic mass is 79.9. The highest BCUT2D eigenvalue weighted by Gasteiger charge is 2.03. The smallest absolute Gasteiger partial charge is 0.168 e. The van der Waals surface area contributed by atoms with Crippen LogP contribution in [0, 0.1) is 6.92 Å². The maximum Gasteiger partial charge on any atom is 0.168 e.